The summed E-state index contributed by atoms with van der Waals surface area (Å²) in [4.78, 5) is 22.5. The smallest absolute Gasteiger partial charge is 0.307 e. The lowest BCUT2D eigenvalue weighted by atomic mass is 10.1. The van der Waals surface area contributed by atoms with Crippen LogP contribution in [0, 0.1) is 10.1 Å². The summed E-state index contributed by atoms with van der Waals surface area (Å²) in [6.45, 7) is 2.23. The number of carbonyl (C=O) groups is 1. The molecule has 0 atom stereocenters. The molecule has 3 rings (SSSR count). The average molecular weight is 437 g/mol. The van der Waals surface area contributed by atoms with Crippen LogP contribution in [0.1, 0.15) is 40.8 Å². The lowest BCUT2D eigenvalue weighted by Crippen LogP contribution is -2.16. The molecule has 1 heterocycles. The fourth-order valence-electron chi connectivity index (χ4n) is 2.94. The summed E-state index contributed by atoms with van der Waals surface area (Å²) < 4.78 is 16.7. The van der Waals surface area contributed by atoms with Crippen LogP contribution in [-0.4, -0.2) is 24.2 Å². The number of non-ortho nitro benzene ring substituents is 1. The highest BCUT2D eigenvalue weighted by molar-refractivity contribution is 5.92. The Labute approximate surface area is 184 Å². The van der Waals surface area contributed by atoms with Crippen LogP contribution in [-0.2, 0) is 13.0 Å². The molecule has 0 saturated carbocycles. The highest BCUT2D eigenvalue weighted by Gasteiger charge is 2.12. The molecule has 0 aliphatic carbocycles. The van der Waals surface area contributed by atoms with Crippen LogP contribution in [0.25, 0.3) is 0 Å². The molecule has 1 amide bonds. The fraction of sp³-hybridized carbons (Fsp3) is 0.217. The standard InChI is InChI=1S/C23H23N3O6/c1-3-5-16-8-10-20(22(13-16)30-2)31-15-19-9-11-21(32-19)23(27)25-24-14-17-6-4-7-18(12-17)26(28)29/h4,6-14H,3,5,15H2,1-2H3,(H,25,27)/b24-14-. The SMILES string of the molecule is CCCc1ccc(OCc2ccc(C(=O)N/N=C\c3cccc([N+](=O)[O-])c3)o2)c(OC)c1. The molecule has 3 aromatic rings. The molecule has 0 unspecified atom stereocenters. The monoisotopic (exact) mass is 437 g/mol. The summed E-state index contributed by atoms with van der Waals surface area (Å²) >= 11 is 0. The van der Waals surface area contributed by atoms with Crippen LogP contribution in [0.4, 0.5) is 5.69 Å². The van der Waals surface area contributed by atoms with Crippen LogP contribution in [0.5, 0.6) is 11.5 Å². The number of furan rings is 1. The third kappa shape index (κ3) is 5.94. The number of hydrazone groups is 1. The molecule has 0 bridgehead atoms. The molecule has 9 heteroatoms. The molecule has 1 N–H and O–H groups in total. The van der Waals surface area contributed by atoms with Gasteiger partial charge in [-0.2, -0.15) is 5.10 Å². The van der Waals surface area contributed by atoms with E-state index in [0.717, 1.165) is 12.8 Å². The van der Waals surface area contributed by atoms with Gasteiger partial charge in [-0.15, -0.1) is 0 Å². The Morgan fingerprint density at radius 3 is 2.78 bits per heavy atom. The van der Waals surface area contributed by atoms with Crippen LogP contribution >= 0.6 is 0 Å². The Morgan fingerprint density at radius 2 is 2.03 bits per heavy atom. The zero-order valence-corrected chi connectivity index (χ0v) is 17.7. The maximum absolute atomic E-state index is 12.2. The molecule has 0 spiro atoms. The lowest BCUT2D eigenvalue weighted by Gasteiger charge is -2.11. The van der Waals surface area contributed by atoms with Gasteiger partial charge in [0.15, 0.2) is 17.3 Å². The molecule has 1 aromatic heterocycles. The van der Waals surface area contributed by atoms with Crippen molar-refractivity contribution >= 4 is 17.8 Å². The second-order valence-corrected chi connectivity index (χ2v) is 6.84. The van der Waals surface area contributed by atoms with Crippen molar-refractivity contribution in [3.8, 4) is 11.5 Å². The number of nitro benzene ring substituents is 1. The minimum absolute atomic E-state index is 0.0602. The Hall–Kier alpha value is -4.14. The third-order valence-electron chi connectivity index (χ3n) is 4.48. The van der Waals surface area contributed by atoms with Crippen LogP contribution < -0.4 is 14.9 Å². The number of nitrogens with zero attached hydrogens (tertiary/aromatic N) is 2. The highest BCUT2D eigenvalue weighted by atomic mass is 16.6. The molecule has 0 aliphatic heterocycles. The van der Waals surface area contributed by atoms with Crippen molar-refractivity contribution in [2.24, 2.45) is 5.10 Å². The minimum atomic E-state index is -0.556. The number of benzene rings is 2. The van der Waals surface area contributed by atoms with Gasteiger partial charge in [-0.25, -0.2) is 5.43 Å². The lowest BCUT2D eigenvalue weighted by molar-refractivity contribution is -0.384. The Kier molecular flexibility index (Phi) is 7.58. The third-order valence-corrected chi connectivity index (χ3v) is 4.48. The molecule has 9 nitrogen and oxygen atoms in total. The highest BCUT2D eigenvalue weighted by Crippen LogP contribution is 2.29. The Bertz CT molecular complexity index is 1120. The molecule has 0 radical (unpaired) electrons. The number of ether oxygens (including phenoxy) is 2. The average Bonchev–Trinajstić information content (AvgIpc) is 3.27. The van der Waals surface area contributed by atoms with Gasteiger partial charge >= 0.3 is 5.91 Å². The molecule has 2 aromatic carbocycles. The first-order valence-electron chi connectivity index (χ1n) is 9.96. The van der Waals surface area contributed by atoms with E-state index in [0.29, 0.717) is 22.8 Å². The van der Waals surface area contributed by atoms with Crippen molar-refractivity contribution in [1.29, 1.82) is 0 Å². The van der Waals surface area contributed by atoms with Crippen molar-refractivity contribution in [3.05, 3.63) is 87.4 Å². The van der Waals surface area contributed by atoms with Gasteiger partial charge in [0, 0.05) is 17.7 Å². The van der Waals surface area contributed by atoms with Crippen molar-refractivity contribution in [2.45, 2.75) is 26.4 Å². The number of rotatable bonds is 10. The van der Waals surface area contributed by atoms with Gasteiger partial charge < -0.3 is 13.9 Å². The quantitative estimate of drug-likeness (QED) is 0.284. The first-order valence-corrected chi connectivity index (χ1v) is 9.96. The maximum atomic E-state index is 12.2. The zero-order valence-electron chi connectivity index (χ0n) is 17.7. The van der Waals surface area contributed by atoms with E-state index in [2.05, 4.69) is 17.5 Å². The van der Waals surface area contributed by atoms with Gasteiger partial charge in [0.05, 0.1) is 18.2 Å². The zero-order chi connectivity index (χ0) is 22.9. The van der Waals surface area contributed by atoms with Gasteiger partial charge in [0.25, 0.3) is 5.69 Å². The summed E-state index contributed by atoms with van der Waals surface area (Å²) in [7, 11) is 1.58. The summed E-state index contributed by atoms with van der Waals surface area (Å²) in [5, 5.41) is 14.6. The van der Waals surface area contributed by atoms with Gasteiger partial charge in [-0.05, 0) is 36.2 Å². The predicted molar refractivity (Wildman–Crippen MR) is 118 cm³/mol. The van der Waals surface area contributed by atoms with Crippen molar-refractivity contribution in [3.63, 3.8) is 0 Å². The Balaban J connectivity index is 1.57. The number of carbonyl (C=O) groups excluding carboxylic acids is 1. The Morgan fingerprint density at radius 1 is 1.19 bits per heavy atom. The second-order valence-electron chi connectivity index (χ2n) is 6.84. The summed E-state index contributed by atoms with van der Waals surface area (Å²) in [5.41, 5.74) is 3.91. The van der Waals surface area contributed by atoms with E-state index in [1.54, 1.807) is 19.2 Å². The summed E-state index contributed by atoms with van der Waals surface area (Å²) in [6, 6.07) is 14.8. The van der Waals surface area contributed by atoms with E-state index in [1.807, 2.05) is 18.2 Å². The van der Waals surface area contributed by atoms with Gasteiger partial charge in [0.1, 0.15) is 12.4 Å². The van der Waals surface area contributed by atoms with Gasteiger partial charge in [-0.3, -0.25) is 14.9 Å². The largest absolute Gasteiger partial charge is 0.493 e. The van der Waals surface area contributed by atoms with E-state index < -0.39 is 10.8 Å². The first kappa shape index (κ1) is 22.5. The number of hydrogen-bond acceptors (Lipinski definition) is 7. The second kappa shape index (κ2) is 10.8. The molecule has 0 saturated heterocycles. The van der Waals surface area contributed by atoms with Crippen molar-refractivity contribution in [2.75, 3.05) is 7.11 Å². The molecule has 32 heavy (non-hydrogen) atoms. The van der Waals surface area contributed by atoms with Crippen molar-refractivity contribution < 1.29 is 23.6 Å². The topological polar surface area (TPSA) is 116 Å². The summed E-state index contributed by atoms with van der Waals surface area (Å²) in [6.07, 6.45) is 3.30. The van der Waals surface area contributed by atoms with E-state index in [9.17, 15) is 14.9 Å². The number of nitrogens with one attached hydrogen (secondary N) is 1. The van der Waals surface area contributed by atoms with Gasteiger partial charge in [0.2, 0.25) is 0 Å². The number of aryl methyl sites for hydroxylation is 1. The summed E-state index contributed by atoms with van der Waals surface area (Å²) in [5.74, 6) is 1.18. The predicted octanol–water partition coefficient (Wildman–Crippen LogP) is 4.49. The molecule has 166 valence electrons. The van der Waals surface area contributed by atoms with Gasteiger partial charge in [-0.1, -0.05) is 31.5 Å². The van der Waals surface area contributed by atoms with E-state index in [1.165, 1.54) is 36.0 Å². The molecular weight excluding hydrogens is 414 g/mol. The van der Waals surface area contributed by atoms with Crippen LogP contribution in [0.2, 0.25) is 0 Å². The maximum Gasteiger partial charge on any atom is 0.307 e. The molecule has 0 aliphatic rings. The molecule has 0 fully saturated rings. The number of hydrogen-bond donors (Lipinski definition) is 1. The minimum Gasteiger partial charge on any atom is -0.493 e. The van der Waals surface area contributed by atoms with E-state index in [-0.39, 0.29) is 18.1 Å². The fourth-order valence-corrected chi connectivity index (χ4v) is 2.94. The van der Waals surface area contributed by atoms with Crippen LogP contribution in [0.15, 0.2) is 64.1 Å². The van der Waals surface area contributed by atoms with E-state index >= 15 is 0 Å². The number of amides is 1. The first-order chi connectivity index (χ1) is 15.5. The normalized spacial score (nSPS) is 10.8. The molecular formula is C23H23N3O6. The number of nitro groups is 1. The van der Waals surface area contributed by atoms with E-state index in [4.69, 9.17) is 13.9 Å². The van der Waals surface area contributed by atoms with Crippen LogP contribution in [0.3, 0.4) is 0 Å². The number of methoxy groups -OCH3 is 1. The van der Waals surface area contributed by atoms with Crippen molar-refractivity contribution in [1.82, 2.24) is 5.43 Å².